The summed E-state index contributed by atoms with van der Waals surface area (Å²) in [5.74, 6) is -1.01. The molecule has 0 unspecified atom stereocenters. The quantitative estimate of drug-likeness (QED) is 0.699. The SMILES string of the molecule is CCCCn1nc(C)c(C(=O)O[C@H](C)C(=O)Nc2ccc3c(c2)CCC3)c1Cl. The number of aromatic nitrogens is 2. The third-order valence-corrected chi connectivity index (χ3v) is 5.40. The van der Waals surface area contributed by atoms with Gasteiger partial charge in [-0.15, -0.1) is 0 Å². The number of carbonyl (C=O) groups excluding carboxylic acids is 2. The van der Waals surface area contributed by atoms with Crippen molar-refractivity contribution in [2.75, 3.05) is 5.32 Å². The van der Waals surface area contributed by atoms with Crippen molar-refractivity contribution in [2.45, 2.75) is 65.5 Å². The van der Waals surface area contributed by atoms with Crippen molar-refractivity contribution in [1.82, 2.24) is 9.78 Å². The molecular formula is C21H26ClN3O3. The molecule has 0 bridgehead atoms. The minimum absolute atomic E-state index is 0.218. The molecule has 0 saturated heterocycles. The van der Waals surface area contributed by atoms with Crippen molar-refractivity contribution in [1.29, 1.82) is 0 Å². The van der Waals surface area contributed by atoms with Gasteiger partial charge in [-0.05, 0) is 62.8 Å². The van der Waals surface area contributed by atoms with Gasteiger partial charge in [0.25, 0.3) is 5.91 Å². The first-order valence-electron chi connectivity index (χ1n) is 9.77. The summed E-state index contributed by atoms with van der Waals surface area (Å²) in [5, 5.41) is 7.38. The number of nitrogens with zero attached hydrogens (tertiary/aromatic N) is 2. The van der Waals surface area contributed by atoms with E-state index in [9.17, 15) is 9.59 Å². The fourth-order valence-electron chi connectivity index (χ4n) is 3.41. The normalized spacial score (nSPS) is 13.9. The Labute approximate surface area is 170 Å². The van der Waals surface area contributed by atoms with E-state index in [-0.39, 0.29) is 16.6 Å². The van der Waals surface area contributed by atoms with Crippen molar-refractivity contribution < 1.29 is 14.3 Å². The highest BCUT2D eigenvalue weighted by molar-refractivity contribution is 6.32. The number of aryl methyl sites for hydroxylation is 4. The number of hydrogen-bond acceptors (Lipinski definition) is 4. The van der Waals surface area contributed by atoms with E-state index in [0.29, 0.717) is 12.2 Å². The Morgan fingerprint density at radius 3 is 2.82 bits per heavy atom. The number of esters is 1. The maximum atomic E-state index is 12.6. The highest BCUT2D eigenvalue weighted by Gasteiger charge is 2.26. The molecule has 1 N–H and O–H groups in total. The van der Waals surface area contributed by atoms with Crippen molar-refractivity contribution in [3.05, 3.63) is 45.7 Å². The van der Waals surface area contributed by atoms with E-state index >= 15 is 0 Å². The topological polar surface area (TPSA) is 73.2 Å². The van der Waals surface area contributed by atoms with Crippen LogP contribution in [0, 0.1) is 6.92 Å². The molecule has 1 aromatic carbocycles. The van der Waals surface area contributed by atoms with Crippen molar-refractivity contribution in [3.63, 3.8) is 0 Å². The first-order chi connectivity index (χ1) is 13.4. The van der Waals surface area contributed by atoms with Gasteiger partial charge in [0, 0.05) is 12.2 Å². The number of unbranched alkanes of at least 4 members (excludes halogenated alkanes) is 1. The Morgan fingerprint density at radius 1 is 1.32 bits per heavy atom. The van der Waals surface area contributed by atoms with Gasteiger partial charge in [-0.3, -0.25) is 9.48 Å². The Bertz CT molecular complexity index is 891. The molecule has 1 amide bonds. The van der Waals surface area contributed by atoms with E-state index in [1.165, 1.54) is 11.1 Å². The van der Waals surface area contributed by atoms with E-state index in [1.807, 2.05) is 18.2 Å². The molecule has 7 heteroatoms. The minimum atomic E-state index is -0.949. The zero-order valence-corrected chi connectivity index (χ0v) is 17.3. The van der Waals surface area contributed by atoms with Gasteiger partial charge in [0.05, 0.1) is 5.69 Å². The molecule has 6 nitrogen and oxygen atoms in total. The summed E-state index contributed by atoms with van der Waals surface area (Å²) in [6.45, 7) is 5.96. The Hall–Kier alpha value is -2.34. The summed E-state index contributed by atoms with van der Waals surface area (Å²) in [4.78, 5) is 25.0. The number of nitrogens with one attached hydrogen (secondary N) is 1. The molecule has 0 spiro atoms. The van der Waals surface area contributed by atoms with Gasteiger partial charge in [0.1, 0.15) is 10.7 Å². The van der Waals surface area contributed by atoms with Gasteiger partial charge < -0.3 is 10.1 Å². The molecule has 1 heterocycles. The smallest absolute Gasteiger partial charge is 0.343 e. The number of halogens is 1. The predicted molar refractivity (Wildman–Crippen MR) is 109 cm³/mol. The van der Waals surface area contributed by atoms with Crippen LogP contribution in [0.3, 0.4) is 0 Å². The third kappa shape index (κ3) is 4.38. The molecule has 1 aliphatic rings. The first kappa shape index (κ1) is 20.4. The maximum absolute atomic E-state index is 12.6. The second-order valence-corrected chi connectivity index (χ2v) is 7.56. The lowest BCUT2D eigenvalue weighted by Crippen LogP contribution is -2.30. The molecule has 1 aromatic heterocycles. The zero-order chi connectivity index (χ0) is 20.3. The van der Waals surface area contributed by atoms with Crippen LogP contribution in [0.25, 0.3) is 0 Å². The number of benzene rings is 1. The maximum Gasteiger partial charge on any atom is 0.343 e. The Morgan fingerprint density at radius 2 is 2.07 bits per heavy atom. The number of hydrogen-bond donors (Lipinski definition) is 1. The van der Waals surface area contributed by atoms with E-state index in [1.54, 1.807) is 18.5 Å². The summed E-state index contributed by atoms with van der Waals surface area (Å²) in [7, 11) is 0. The molecule has 0 saturated carbocycles. The lowest BCUT2D eigenvalue weighted by Gasteiger charge is -2.14. The largest absolute Gasteiger partial charge is 0.449 e. The molecule has 3 rings (SSSR count). The van der Waals surface area contributed by atoms with Crippen LogP contribution in [-0.2, 0) is 28.9 Å². The molecule has 1 atom stereocenters. The van der Waals surface area contributed by atoms with Gasteiger partial charge in [-0.2, -0.15) is 5.10 Å². The molecule has 28 heavy (non-hydrogen) atoms. The van der Waals surface area contributed by atoms with Crippen LogP contribution in [0.1, 0.15) is 60.3 Å². The monoisotopic (exact) mass is 403 g/mol. The number of fused-ring (bicyclic) bond motifs is 1. The summed E-state index contributed by atoms with van der Waals surface area (Å²) in [5.41, 5.74) is 4.04. The lowest BCUT2D eigenvalue weighted by atomic mass is 10.1. The fourth-order valence-corrected chi connectivity index (χ4v) is 3.74. The summed E-state index contributed by atoms with van der Waals surface area (Å²) in [6.07, 6.45) is 4.22. The zero-order valence-electron chi connectivity index (χ0n) is 16.5. The molecule has 0 aliphatic heterocycles. The number of amides is 1. The van der Waals surface area contributed by atoms with Crippen LogP contribution in [-0.4, -0.2) is 27.8 Å². The van der Waals surface area contributed by atoms with Gasteiger partial charge >= 0.3 is 5.97 Å². The van der Waals surface area contributed by atoms with Gasteiger partial charge in [0.15, 0.2) is 6.10 Å². The Balaban J connectivity index is 1.64. The van der Waals surface area contributed by atoms with Crippen molar-refractivity contribution >= 4 is 29.2 Å². The molecule has 0 radical (unpaired) electrons. The molecule has 2 aromatic rings. The standard InChI is InChI=1S/C21H26ClN3O3/c1-4-5-11-25-19(22)18(13(2)24-25)21(27)28-14(3)20(26)23-17-10-9-15-7-6-8-16(15)12-17/h9-10,12,14H,4-8,11H2,1-3H3,(H,23,26)/t14-/m1/s1. The van der Waals surface area contributed by atoms with E-state index in [4.69, 9.17) is 16.3 Å². The van der Waals surface area contributed by atoms with Crippen LogP contribution in [0.4, 0.5) is 5.69 Å². The molecule has 0 fully saturated rings. The average molecular weight is 404 g/mol. The fraction of sp³-hybridized carbons (Fsp3) is 0.476. The van der Waals surface area contributed by atoms with E-state index < -0.39 is 12.1 Å². The number of carbonyl (C=O) groups is 2. The highest BCUT2D eigenvalue weighted by atomic mass is 35.5. The van der Waals surface area contributed by atoms with Crippen LogP contribution < -0.4 is 5.32 Å². The Kier molecular flexibility index (Phi) is 6.39. The number of ether oxygens (including phenoxy) is 1. The highest BCUT2D eigenvalue weighted by Crippen LogP contribution is 2.25. The van der Waals surface area contributed by atoms with Crippen LogP contribution in [0.5, 0.6) is 0 Å². The van der Waals surface area contributed by atoms with E-state index in [2.05, 4.69) is 17.3 Å². The number of anilines is 1. The summed E-state index contributed by atoms with van der Waals surface area (Å²) < 4.78 is 6.96. The van der Waals surface area contributed by atoms with Crippen LogP contribution in [0.15, 0.2) is 18.2 Å². The van der Waals surface area contributed by atoms with Gasteiger partial charge in [-0.25, -0.2) is 4.79 Å². The van der Waals surface area contributed by atoms with Crippen LogP contribution >= 0.6 is 11.6 Å². The second kappa shape index (κ2) is 8.78. The van der Waals surface area contributed by atoms with Crippen molar-refractivity contribution in [3.8, 4) is 0 Å². The van der Waals surface area contributed by atoms with Gasteiger partial charge in [-0.1, -0.05) is 31.0 Å². The van der Waals surface area contributed by atoms with E-state index in [0.717, 1.165) is 37.8 Å². The number of rotatable bonds is 7. The third-order valence-electron chi connectivity index (χ3n) is 5.01. The first-order valence-corrected chi connectivity index (χ1v) is 10.1. The van der Waals surface area contributed by atoms with Crippen molar-refractivity contribution in [2.24, 2.45) is 0 Å². The molecule has 150 valence electrons. The second-order valence-electron chi connectivity index (χ2n) is 7.20. The minimum Gasteiger partial charge on any atom is -0.449 e. The van der Waals surface area contributed by atoms with Gasteiger partial charge in [0.2, 0.25) is 0 Å². The summed E-state index contributed by atoms with van der Waals surface area (Å²) in [6, 6.07) is 5.92. The average Bonchev–Trinajstić information content (AvgIpc) is 3.23. The molecular weight excluding hydrogens is 378 g/mol. The summed E-state index contributed by atoms with van der Waals surface area (Å²) >= 11 is 6.31. The predicted octanol–water partition coefficient (Wildman–Crippen LogP) is 4.32. The lowest BCUT2D eigenvalue weighted by molar-refractivity contribution is -0.123. The molecule has 1 aliphatic carbocycles. The van der Waals surface area contributed by atoms with Crippen LogP contribution in [0.2, 0.25) is 5.15 Å².